The van der Waals surface area contributed by atoms with Gasteiger partial charge in [0.05, 0.1) is 69.8 Å². The Morgan fingerprint density at radius 2 is 1.68 bits per heavy atom. The van der Waals surface area contributed by atoms with Crippen molar-refractivity contribution in [2.45, 2.75) is 51.3 Å². The van der Waals surface area contributed by atoms with E-state index in [2.05, 4.69) is 55.9 Å². The van der Waals surface area contributed by atoms with Crippen LogP contribution in [0.2, 0.25) is 0 Å². The Labute approximate surface area is 315 Å². The summed E-state index contributed by atoms with van der Waals surface area (Å²) in [5, 5.41) is 26.6. The number of aliphatic imine (C=N–C) groups is 1. The average Bonchev–Trinajstić information content (AvgIpc) is 3.80. The molecule has 3 aromatic carbocycles. The Bertz CT molecular complexity index is 2240. The number of aromatic nitrogens is 4. The van der Waals surface area contributed by atoms with Crippen molar-refractivity contribution in [2.75, 3.05) is 16.8 Å². The number of ether oxygens (including phenoxy) is 1. The quantitative estimate of drug-likeness (QED) is 0.126. The summed E-state index contributed by atoms with van der Waals surface area (Å²) >= 11 is 3.09. The van der Waals surface area contributed by atoms with E-state index in [9.17, 15) is 15.3 Å². The van der Waals surface area contributed by atoms with E-state index in [4.69, 9.17) is 14.7 Å². The number of nitrogens with zero attached hydrogens (tertiary/aromatic N) is 8. The van der Waals surface area contributed by atoms with Crippen LogP contribution in [0.5, 0.6) is 0 Å². The molecule has 0 fully saturated rings. The van der Waals surface area contributed by atoms with Crippen LogP contribution >= 0.6 is 22.7 Å². The Balaban J connectivity index is 0.000000181. The first-order chi connectivity index (χ1) is 25.9. The molecule has 266 valence electrons. The van der Waals surface area contributed by atoms with Crippen molar-refractivity contribution in [3.8, 4) is 12.1 Å². The number of nitrogens with one attached hydrogen (secondary N) is 2. The number of hydrogen-bond acceptors (Lipinski definition) is 12. The summed E-state index contributed by atoms with van der Waals surface area (Å²) in [6.07, 6.45) is 5.88. The maximum atomic E-state index is 11.6. The van der Waals surface area contributed by atoms with Crippen molar-refractivity contribution in [1.82, 2.24) is 25.3 Å². The number of para-hydroxylation sites is 2. The highest BCUT2D eigenvalue weighted by atomic mass is 32.1. The maximum absolute atomic E-state index is 11.6. The molecule has 53 heavy (non-hydrogen) atoms. The second-order valence-electron chi connectivity index (χ2n) is 12.0. The van der Waals surface area contributed by atoms with E-state index < -0.39 is 5.92 Å². The average molecular weight is 741 g/mol. The molecule has 2 N–H and O–H groups in total. The molecule has 2 unspecified atom stereocenters. The van der Waals surface area contributed by atoms with Crippen LogP contribution in [-0.2, 0) is 16.1 Å². The normalized spacial score (nSPS) is 14.9. The van der Waals surface area contributed by atoms with Gasteiger partial charge < -0.3 is 15.4 Å². The molecule has 1 aliphatic heterocycles. The number of fused-ring (bicyclic) bond motifs is 2. The predicted octanol–water partition coefficient (Wildman–Crippen LogP) is 7.55. The summed E-state index contributed by atoms with van der Waals surface area (Å²) < 4.78 is 7.24. The lowest BCUT2D eigenvalue weighted by Gasteiger charge is -2.32. The molecule has 0 amide bonds. The molecule has 0 spiro atoms. The van der Waals surface area contributed by atoms with Gasteiger partial charge in [-0.15, -0.1) is 11.3 Å². The molecule has 4 heterocycles. The summed E-state index contributed by atoms with van der Waals surface area (Å²) in [4.78, 5) is 36.2. The van der Waals surface area contributed by atoms with Crippen LogP contribution in [0.15, 0.2) is 108 Å². The lowest BCUT2D eigenvalue weighted by Crippen LogP contribution is -2.48. The highest BCUT2D eigenvalue weighted by Crippen LogP contribution is 2.32. The number of rotatable bonds is 11. The van der Waals surface area contributed by atoms with Gasteiger partial charge >= 0.3 is 5.97 Å². The van der Waals surface area contributed by atoms with Gasteiger partial charge in [-0.05, 0) is 55.8 Å². The Morgan fingerprint density at radius 3 is 2.38 bits per heavy atom. The van der Waals surface area contributed by atoms with Crippen LogP contribution in [-0.4, -0.2) is 50.6 Å². The molecular formula is C39H36N10O2S2. The number of carbonyl (C=O) groups excluding carboxylic acids is 1. The van der Waals surface area contributed by atoms with Gasteiger partial charge in [-0.3, -0.25) is 9.69 Å². The van der Waals surface area contributed by atoms with Gasteiger partial charge in [-0.2, -0.15) is 10.5 Å². The largest absolute Gasteiger partial charge is 0.463 e. The Kier molecular flexibility index (Phi) is 12.3. The fourth-order valence-electron chi connectivity index (χ4n) is 5.34. The molecule has 0 saturated carbocycles. The van der Waals surface area contributed by atoms with E-state index in [1.54, 1.807) is 23.6 Å². The van der Waals surface area contributed by atoms with E-state index in [-0.39, 0.29) is 24.5 Å². The number of nitriles is 2. The van der Waals surface area contributed by atoms with Gasteiger partial charge in [0.1, 0.15) is 10.9 Å². The van der Waals surface area contributed by atoms with E-state index in [0.29, 0.717) is 36.2 Å². The molecule has 12 nitrogen and oxygen atoms in total. The van der Waals surface area contributed by atoms with E-state index in [1.807, 2.05) is 91.7 Å². The van der Waals surface area contributed by atoms with Crippen LogP contribution < -0.4 is 15.5 Å². The third kappa shape index (κ3) is 9.56. The number of anilines is 2. The minimum atomic E-state index is -0.572. The fraction of sp³-hybridized carbons (Fsp3) is 0.231. The lowest BCUT2D eigenvalue weighted by molar-refractivity contribution is -0.147. The van der Waals surface area contributed by atoms with Crippen LogP contribution in [0.1, 0.15) is 48.9 Å². The number of guanidine groups is 1. The Hall–Kier alpha value is -6.22. The van der Waals surface area contributed by atoms with Crippen LogP contribution in [0.25, 0.3) is 20.4 Å². The molecule has 3 aromatic heterocycles. The van der Waals surface area contributed by atoms with Crippen LogP contribution in [0, 0.1) is 22.7 Å². The van der Waals surface area contributed by atoms with Gasteiger partial charge in [0.2, 0.25) is 11.9 Å². The molecule has 2 atom stereocenters. The minimum Gasteiger partial charge on any atom is -0.463 e. The number of hydrogen-bond donors (Lipinski definition) is 2. The molecular weight excluding hydrogens is 705 g/mol. The SMILES string of the molecule is CC(C)OC(=O)CCNc1nccc(C(C#N)c2nc3ccccc3s2)n1.N#CCC1C=CNC(=NCc2ccccc2)N1c1nc2ccccc2s1. The standard InChI is InChI=1S/C20H17N5S.C19H19N5O2S/c21-12-10-16-11-13-22-19(23-14-15-6-2-1-3-7-15)25(16)20-24-17-8-4-5-9-18(17)26-20;1-12(2)26-17(25)8-10-22-19-21-9-7-14(24-19)13(11-20)18-23-15-5-3-4-6-16(15)27-18/h1-9,11,13,16H,10,14H2,(H,22,23);3-7,9,12-13H,8,10H2,1-2H3,(H,21,22,24). The van der Waals surface area contributed by atoms with E-state index >= 15 is 0 Å². The first-order valence-electron chi connectivity index (χ1n) is 17.0. The smallest absolute Gasteiger partial charge is 0.307 e. The van der Waals surface area contributed by atoms with Crippen molar-refractivity contribution in [3.63, 3.8) is 0 Å². The second kappa shape index (κ2) is 17.8. The first kappa shape index (κ1) is 36.6. The summed E-state index contributed by atoms with van der Waals surface area (Å²) in [5.74, 6) is 0.233. The predicted molar refractivity (Wildman–Crippen MR) is 209 cm³/mol. The molecule has 0 saturated heterocycles. The first-order valence-corrected chi connectivity index (χ1v) is 18.6. The maximum Gasteiger partial charge on any atom is 0.307 e. The van der Waals surface area contributed by atoms with Crippen molar-refractivity contribution >= 4 is 66.1 Å². The summed E-state index contributed by atoms with van der Waals surface area (Å²) in [6.45, 7) is 4.54. The highest BCUT2D eigenvalue weighted by Gasteiger charge is 2.27. The zero-order valence-electron chi connectivity index (χ0n) is 29.1. The summed E-state index contributed by atoms with van der Waals surface area (Å²) in [5.41, 5.74) is 3.53. The molecule has 0 aliphatic carbocycles. The van der Waals surface area contributed by atoms with Gasteiger partial charge in [-0.25, -0.2) is 24.9 Å². The number of carbonyl (C=O) groups is 1. The third-order valence-corrected chi connectivity index (χ3v) is 9.91. The second-order valence-corrected chi connectivity index (χ2v) is 14.1. The fourth-order valence-corrected chi connectivity index (χ4v) is 7.40. The third-order valence-electron chi connectivity index (χ3n) is 7.77. The van der Waals surface area contributed by atoms with E-state index in [0.717, 1.165) is 37.1 Å². The van der Waals surface area contributed by atoms with Crippen LogP contribution in [0.4, 0.5) is 11.1 Å². The molecule has 1 aliphatic rings. The number of esters is 1. The van der Waals surface area contributed by atoms with Crippen molar-refractivity contribution in [1.29, 1.82) is 10.5 Å². The summed E-state index contributed by atoms with van der Waals surface area (Å²) in [7, 11) is 0. The minimum absolute atomic E-state index is 0.0867. The topological polar surface area (TPSA) is 165 Å². The van der Waals surface area contributed by atoms with Crippen molar-refractivity contribution < 1.29 is 9.53 Å². The number of benzene rings is 3. The zero-order valence-corrected chi connectivity index (χ0v) is 30.7. The molecule has 0 radical (unpaired) electrons. The van der Waals surface area contributed by atoms with Crippen molar-refractivity contribution in [2.24, 2.45) is 4.99 Å². The van der Waals surface area contributed by atoms with Crippen LogP contribution in [0.3, 0.4) is 0 Å². The monoisotopic (exact) mass is 740 g/mol. The molecule has 14 heteroatoms. The molecule has 6 aromatic rings. The van der Waals surface area contributed by atoms with Gasteiger partial charge in [0, 0.05) is 18.9 Å². The zero-order chi connectivity index (χ0) is 37.0. The van der Waals surface area contributed by atoms with Gasteiger partial charge in [0.15, 0.2) is 5.13 Å². The van der Waals surface area contributed by atoms with E-state index in [1.165, 1.54) is 11.3 Å². The molecule has 7 rings (SSSR count). The van der Waals surface area contributed by atoms with Gasteiger partial charge in [0.25, 0.3) is 0 Å². The van der Waals surface area contributed by atoms with Crippen molar-refractivity contribution in [3.05, 3.63) is 120 Å². The Morgan fingerprint density at radius 1 is 0.962 bits per heavy atom. The molecule has 0 bridgehead atoms. The lowest BCUT2D eigenvalue weighted by atomic mass is 10.1. The van der Waals surface area contributed by atoms with Gasteiger partial charge in [-0.1, -0.05) is 65.9 Å². The number of thiazole rings is 2. The highest BCUT2D eigenvalue weighted by molar-refractivity contribution is 7.22. The summed E-state index contributed by atoms with van der Waals surface area (Å²) in [6, 6.07) is 32.1.